The van der Waals surface area contributed by atoms with Gasteiger partial charge in [-0.15, -0.1) is 0 Å². The fourth-order valence-corrected chi connectivity index (χ4v) is 2.73. The molecule has 0 amide bonds. The number of fused-ring (bicyclic) bond motifs is 3. The van der Waals surface area contributed by atoms with Gasteiger partial charge in [0.25, 0.3) is 0 Å². The summed E-state index contributed by atoms with van der Waals surface area (Å²) in [5.41, 5.74) is 7.09. The van der Waals surface area contributed by atoms with Crippen LogP contribution in [0.5, 0.6) is 0 Å². The van der Waals surface area contributed by atoms with Crippen molar-refractivity contribution >= 4 is 5.57 Å². The van der Waals surface area contributed by atoms with Crippen LogP contribution in [0.15, 0.2) is 54.6 Å². The van der Waals surface area contributed by atoms with E-state index in [-0.39, 0.29) is 0 Å². The number of hydrogen-bond acceptors (Lipinski definition) is 0. The molecule has 2 aliphatic rings. The van der Waals surface area contributed by atoms with E-state index in [9.17, 15) is 0 Å². The third-order valence-electron chi connectivity index (χ3n) is 3.75. The van der Waals surface area contributed by atoms with Crippen molar-refractivity contribution in [2.75, 3.05) is 0 Å². The van der Waals surface area contributed by atoms with Gasteiger partial charge in [0.2, 0.25) is 0 Å². The molecule has 2 aromatic carbocycles. The van der Waals surface area contributed by atoms with Crippen LogP contribution in [0, 0.1) is 5.92 Å². The first-order valence-electron chi connectivity index (χ1n) is 6.34. The third kappa shape index (κ3) is 1.37. The topological polar surface area (TPSA) is 0 Å². The first kappa shape index (κ1) is 9.23. The Kier molecular flexibility index (Phi) is 1.81. The maximum atomic E-state index is 2.48. The summed E-state index contributed by atoms with van der Waals surface area (Å²) in [6.45, 7) is 0. The molecule has 1 saturated carbocycles. The van der Waals surface area contributed by atoms with Crippen LogP contribution in [-0.4, -0.2) is 0 Å². The Morgan fingerprint density at radius 1 is 0.706 bits per heavy atom. The number of benzene rings is 2. The predicted octanol–water partition coefficient (Wildman–Crippen LogP) is 4.51. The summed E-state index contributed by atoms with van der Waals surface area (Å²) in [5.74, 6) is 0.823. The zero-order chi connectivity index (χ0) is 11.2. The first-order valence-corrected chi connectivity index (χ1v) is 6.34. The second kappa shape index (κ2) is 3.33. The highest BCUT2D eigenvalue weighted by Crippen LogP contribution is 2.46. The molecule has 0 heteroatoms. The lowest BCUT2D eigenvalue weighted by Crippen LogP contribution is -1.81. The van der Waals surface area contributed by atoms with Crippen molar-refractivity contribution in [1.29, 1.82) is 0 Å². The van der Waals surface area contributed by atoms with Crippen LogP contribution < -0.4 is 0 Å². The third-order valence-corrected chi connectivity index (χ3v) is 3.75. The van der Waals surface area contributed by atoms with Crippen LogP contribution in [0.2, 0.25) is 0 Å². The molecular formula is C17H14. The smallest absolute Gasteiger partial charge is 0.00991 e. The van der Waals surface area contributed by atoms with Crippen LogP contribution in [0.4, 0.5) is 0 Å². The summed E-state index contributed by atoms with van der Waals surface area (Å²) in [7, 11) is 0. The molecule has 82 valence electrons. The van der Waals surface area contributed by atoms with Gasteiger partial charge in [-0.25, -0.2) is 0 Å². The molecule has 0 heterocycles. The van der Waals surface area contributed by atoms with Crippen molar-refractivity contribution in [3.05, 3.63) is 65.7 Å². The molecule has 4 rings (SSSR count). The van der Waals surface area contributed by atoms with Gasteiger partial charge in [-0.2, -0.15) is 0 Å². The average Bonchev–Trinajstić information content (AvgIpc) is 3.15. The van der Waals surface area contributed by atoms with Crippen molar-refractivity contribution in [3.63, 3.8) is 0 Å². The maximum Gasteiger partial charge on any atom is -0.00991 e. The molecule has 0 unspecified atom stereocenters. The Morgan fingerprint density at radius 3 is 1.65 bits per heavy atom. The summed E-state index contributed by atoms with van der Waals surface area (Å²) < 4.78 is 0. The van der Waals surface area contributed by atoms with Crippen LogP contribution in [0.1, 0.15) is 24.0 Å². The second-order valence-corrected chi connectivity index (χ2v) is 5.01. The van der Waals surface area contributed by atoms with E-state index in [2.05, 4.69) is 54.6 Å². The summed E-state index contributed by atoms with van der Waals surface area (Å²) in [6.07, 6.45) is 5.21. The molecule has 2 aromatic rings. The van der Waals surface area contributed by atoms with E-state index in [1.165, 1.54) is 40.7 Å². The van der Waals surface area contributed by atoms with E-state index in [1.807, 2.05) is 0 Å². The zero-order valence-corrected chi connectivity index (χ0v) is 9.69. The van der Waals surface area contributed by atoms with Gasteiger partial charge in [0, 0.05) is 0 Å². The molecule has 0 aromatic heterocycles. The second-order valence-electron chi connectivity index (χ2n) is 5.01. The van der Waals surface area contributed by atoms with Gasteiger partial charge < -0.3 is 0 Å². The average molecular weight is 218 g/mol. The van der Waals surface area contributed by atoms with Gasteiger partial charge in [0.1, 0.15) is 0 Å². The molecule has 0 radical (unpaired) electrons. The Morgan fingerprint density at radius 2 is 1.18 bits per heavy atom. The zero-order valence-electron chi connectivity index (χ0n) is 9.69. The fraction of sp³-hybridized carbons (Fsp3) is 0.176. The lowest BCUT2D eigenvalue weighted by molar-refractivity contribution is 1.13. The first-order chi connectivity index (χ1) is 8.43. The van der Waals surface area contributed by atoms with E-state index in [0.29, 0.717) is 0 Å². The van der Waals surface area contributed by atoms with Gasteiger partial charge >= 0.3 is 0 Å². The lowest BCUT2D eigenvalue weighted by atomic mass is 10.0. The van der Waals surface area contributed by atoms with E-state index in [1.54, 1.807) is 0 Å². The summed E-state index contributed by atoms with van der Waals surface area (Å²) >= 11 is 0. The normalized spacial score (nSPS) is 16.6. The van der Waals surface area contributed by atoms with Gasteiger partial charge in [0.15, 0.2) is 0 Å². The van der Waals surface area contributed by atoms with E-state index >= 15 is 0 Å². The van der Waals surface area contributed by atoms with Crippen LogP contribution >= 0.6 is 0 Å². The Labute approximate surface area is 102 Å². The number of hydrogen-bond donors (Lipinski definition) is 0. The molecule has 0 atom stereocenters. The van der Waals surface area contributed by atoms with E-state index in [4.69, 9.17) is 0 Å². The minimum atomic E-state index is 0.823. The highest BCUT2D eigenvalue weighted by atomic mass is 14.3. The minimum Gasteiger partial charge on any atom is -0.0729 e. The lowest BCUT2D eigenvalue weighted by Gasteiger charge is -2.01. The van der Waals surface area contributed by atoms with Crippen molar-refractivity contribution in [3.8, 4) is 11.1 Å². The largest absolute Gasteiger partial charge is 0.0729 e. The molecule has 0 aliphatic heterocycles. The number of rotatable bonds is 1. The predicted molar refractivity (Wildman–Crippen MR) is 71.7 cm³/mol. The van der Waals surface area contributed by atoms with Crippen molar-refractivity contribution in [1.82, 2.24) is 0 Å². The van der Waals surface area contributed by atoms with Crippen LogP contribution in [0.3, 0.4) is 0 Å². The molecule has 17 heavy (non-hydrogen) atoms. The Hall–Kier alpha value is -1.82. The van der Waals surface area contributed by atoms with Crippen molar-refractivity contribution in [2.24, 2.45) is 5.92 Å². The molecule has 0 bridgehead atoms. The standard InChI is InChI=1S/C17H14/c1-3-7-15-13(5-1)14-6-2-4-8-16(14)17(15)11-12-9-10-12/h1-8,11-12H,9-10H2. The highest BCUT2D eigenvalue weighted by molar-refractivity contribution is 6.01. The van der Waals surface area contributed by atoms with Crippen LogP contribution in [-0.2, 0) is 0 Å². The van der Waals surface area contributed by atoms with E-state index in [0.717, 1.165) is 5.92 Å². The number of allylic oxidation sites excluding steroid dienone is 1. The minimum absolute atomic E-state index is 0.823. The van der Waals surface area contributed by atoms with Gasteiger partial charge in [-0.1, -0.05) is 54.6 Å². The molecule has 0 spiro atoms. The summed E-state index contributed by atoms with van der Waals surface area (Å²) in [6, 6.07) is 17.5. The van der Waals surface area contributed by atoms with Gasteiger partial charge in [0.05, 0.1) is 0 Å². The van der Waals surface area contributed by atoms with Crippen molar-refractivity contribution < 1.29 is 0 Å². The Bertz CT molecular complexity index is 568. The Balaban J connectivity index is 2.01. The molecule has 0 saturated heterocycles. The highest BCUT2D eigenvalue weighted by Gasteiger charge is 2.26. The SMILES string of the molecule is C(=C1c2ccccc2-c2ccccc21)C1CC1. The quantitative estimate of drug-likeness (QED) is 0.563. The van der Waals surface area contributed by atoms with Gasteiger partial charge in [-0.05, 0) is 46.6 Å². The van der Waals surface area contributed by atoms with E-state index < -0.39 is 0 Å². The van der Waals surface area contributed by atoms with Crippen molar-refractivity contribution in [2.45, 2.75) is 12.8 Å². The summed E-state index contributed by atoms with van der Waals surface area (Å²) in [5, 5.41) is 0. The fourth-order valence-electron chi connectivity index (χ4n) is 2.73. The van der Waals surface area contributed by atoms with Crippen LogP contribution in [0.25, 0.3) is 16.7 Å². The monoisotopic (exact) mass is 218 g/mol. The molecule has 1 fully saturated rings. The van der Waals surface area contributed by atoms with Gasteiger partial charge in [-0.3, -0.25) is 0 Å². The maximum absolute atomic E-state index is 2.48. The summed E-state index contributed by atoms with van der Waals surface area (Å²) in [4.78, 5) is 0. The molecule has 2 aliphatic carbocycles. The molecule has 0 N–H and O–H groups in total. The molecular weight excluding hydrogens is 204 g/mol. The molecule has 0 nitrogen and oxygen atoms in total.